The first-order chi connectivity index (χ1) is 9.52. The van der Waals surface area contributed by atoms with Crippen molar-refractivity contribution in [1.82, 2.24) is 9.80 Å². The summed E-state index contributed by atoms with van der Waals surface area (Å²) in [7, 11) is 2.21. The fourth-order valence-corrected chi connectivity index (χ4v) is 3.25. The molecule has 1 saturated heterocycles. The van der Waals surface area contributed by atoms with Gasteiger partial charge in [-0.3, -0.25) is 4.90 Å². The smallest absolute Gasteiger partial charge is 0.0476 e. The molecule has 1 aromatic rings. The van der Waals surface area contributed by atoms with Gasteiger partial charge < -0.3 is 10.6 Å². The minimum absolute atomic E-state index is 0.0856. The molecule has 0 bridgehead atoms. The molecular formula is C17H29N3. The molecule has 1 aromatic carbocycles. The summed E-state index contributed by atoms with van der Waals surface area (Å²) in [5.74, 6) is 0. The summed E-state index contributed by atoms with van der Waals surface area (Å²) < 4.78 is 0. The molecule has 0 amide bonds. The molecule has 2 unspecified atom stereocenters. The predicted molar refractivity (Wildman–Crippen MR) is 85.8 cm³/mol. The lowest BCUT2D eigenvalue weighted by Crippen LogP contribution is -2.54. The van der Waals surface area contributed by atoms with Gasteiger partial charge in [-0.15, -0.1) is 0 Å². The van der Waals surface area contributed by atoms with Crippen LogP contribution in [0.5, 0.6) is 0 Å². The molecule has 0 aliphatic carbocycles. The maximum Gasteiger partial charge on any atom is 0.0476 e. The Morgan fingerprint density at radius 1 is 1.25 bits per heavy atom. The second kappa shape index (κ2) is 6.70. The third kappa shape index (κ3) is 4.05. The molecule has 0 saturated carbocycles. The van der Waals surface area contributed by atoms with Crippen LogP contribution in [0.1, 0.15) is 38.3 Å². The van der Waals surface area contributed by atoms with E-state index < -0.39 is 0 Å². The standard InChI is InChI=1S/C17H29N3/c1-4-10-17(2,18)14-20-12-11-19(3)13-16(20)15-8-6-5-7-9-15/h5-9,16H,4,10-14,18H2,1-3H3. The molecule has 3 heteroatoms. The summed E-state index contributed by atoms with van der Waals surface area (Å²) in [5.41, 5.74) is 7.80. The Balaban J connectivity index is 2.12. The molecule has 2 rings (SSSR count). The van der Waals surface area contributed by atoms with Gasteiger partial charge in [0.15, 0.2) is 0 Å². The third-order valence-corrected chi connectivity index (χ3v) is 4.26. The van der Waals surface area contributed by atoms with Crippen LogP contribution in [0.25, 0.3) is 0 Å². The predicted octanol–water partition coefficient (Wildman–Crippen LogP) is 2.49. The van der Waals surface area contributed by atoms with Crippen molar-refractivity contribution in [1.29, 1.82) is 0 Å². The van der Waals surface area contributed by atoms with Gasteiger partial charge in [0.1, 0.15) is 0 Å². The summed E-state index contributed by atoms with van der Waals surface area (Å²) >= 11 is 0. The highest BCUT2D eigenvalue weighted by atomic mass is 15.3. The summed E-state index contributed by atoms with van der Waals surface area (Å²) in [6.07, 6.45) is 2.23. The van der Waals surface area contributed by atoms with E-state index in [0.717, 1.165) is 39.0 Å². The molecule has 1 aliphatic heterocycles. The fourth-order valence-electron chi connectivity index (χ4n) is 3.25. The van der Waals surface area contributed by atoms with Gasteiger partial charge in [0.25, 0.3) is 0 Å². The van der Waals surface area contributed by atoms with E-state index in [1.807, 2.05) is 0 Å². The van der Waals surface area contributed by atoms with E-state index in [-0.39, 0.29) is 5.54 Å². The van der Waals surface area contributed by atoms with Crippen molar-refractivity contribution in [2.75, 3.05) is 33.2 Å². The quantitative estimate of drug-likeness (QED) is 0.896. The van der Waals surface area contributed by atoms with Gasteiger partial charge in [0.2, 0.25) is 0 Å². The van der Waals surface area contributed by atoms with E-state index in [0.29, 0.717) is 6.04 Å². The van der Waals surface area contributed by atoms with Gasteiger partial charge in [0, 0.05) is 37.8 Å². The Kier molecular flexibility index (Phi) is 5.19. The van der Waals surface area contributed by atoms with Crippen LogP contribution in [-0.4, -0.2) is 48.6 Å². The lowest BCUT2D eigenvalue weighted by molar-refractivity contribution is 0.0693. The lowest BCUT2D eigenvalue weighted by atomic mass is 9.94. The normalized spacial score (nSPS) is 24.5. The van der Waals surface area contributed by atoms with E-state index >= 15 is 0 Å². The van der Waals surface area contributed by atoms with Crippen LogP contribution in [0.3, 0.4) is 0 Å². The number of likely N-dealkylation sites (N-methyl/N-ethyl adjacent to an activating group) is 1. The average Bonchev–Trinajstić information content (AvgIpc) is 2.41. The highest BCUT2D eigenvalue weighted by Crippen LogP contribution is 2.26. The van der Waals surface area contributed by atoms with Crippen molar-refractivity contribution in [3.63, 3.8) is 0 Å². The number of rotatable bonds is 5. The molecule has 0 aromatic heterocycles. The summed E-state index contributed by atoms with van der Waals surface area (Å²) in [4.78, 5) is 4.99. The molecular weight excluding hydrogens is 246 g/mol. The van der Waals surface area contributed by atoms with Crippen molar-refractivity contribution in [3.05, 3.63) is 35.9 Å². The van der Waals surface area contributed by atoms with Crippen molar-refractivity contribution in [3.8, 4) is 0 Å². The first-order valence-corrected chi connectivity index (χ1v) is 7.78. The largest absolute Gasteiger partial charge is 0.324 e. The second-order valence-corrected chi connectivity index (χ2v) is 6.56. The molecule has 2 atom stereocenters. The Labute approximate surface area is 123 Å². The van der Waals surface area contributed by atoms with Crippen LogP contribution in [-0.2, 0) is 0 Å². The van der Waals surface area contributed by atoms with Crippen molar-refractivity contribution >= 4 is 0 Å². The fraction of sp³-hybridized carbons (Fsp3) is 0.647. The van der Waals surface area contributed by atoms with Gasteiger partial charge >= 0.3 is 0 Å². The number of hydrogen-bond acceptors (Lipinski definition) is 3. The minimum atomic E-state index is -0.0856. The number of piperazine rings is 1. The zero-order chi connectivity index (χ0) is 14.6. The molecule has 3 nitrogen and oxygen atoms in total. The van der Waals surface area contributed by atoms with E-state index in [4.69, 9.17) is 5.73 Å². The molecule has 112 valence electrons. The molecule has 0 spiro atoms. The Bertz CT molecular complexity index is 402. The van der Waals surface area contributed by atoms with E-state index in [2.05, 4.69) is 61.0 Å². The molecule has 1 aliphatic rings. The summed E-state index contributed by atoms with van der Waals surface area (Å²) in [5, 5.41) is 0. The summed E-state index contributed by atoms with van der Waals surface area (Å²) in [6, 6.07) is 11.3. The van der Waals surface area contributed by atoms with Crippen LogP contribution in [0.2, 0.25) is 0 Å². The third-order valence-electron chi connectivity index (χ3n) is 4.26. The van der Waals surface area contributed by atoms with Crippen LogP contribution in [0.15, 0.2) is 30.3 Å². The number of nitrogens with zero attached hydrogens (tertiary/aromatic N) is 2. The average molecular weight is 275 g/mol. The zero-order valence-electron chi connectivity index (χ0n) is 13.2. The number of hydrogen-bond donors (Lipinski definition) is 1. The van der Waals surface area contributed by atoms with Gasteiger partial charge in [-0.2, -0.15) is 0 Å². The van der Waals surface area contributed by atoms with Crippen LogP contribution >= 0.6 is 0 Å². The van der Waals surface area contributed by atoms with Gasteiger partial charge in [0.05, 0.1) is 0 Å². The first-order valence-electron chi connectivity index (χ1n) is 7.78. The molecule has 20 heavy (non-hydrogen) atoms. The minimum Gasteiger partial charge on any atom is -0.324 e. The van der Waals surface area contributed by atoms with Gasteiger partial charge in [-0.25, -0.2) is 0 Å². The first kappa shape index (κ1) is 15.5. The monoisotopic (exact) mass is 275 g/mol. The van der Waals surface area contributed by atoms with E-state index in [1.54, 1.807) is 0 Å². The van der Waals surface area contributed by atoms with Gasteiger partial charge in [-0.1, -0.05) is 43.7 Å². The van der Waals surface area contributed by atoms with Crippen molar-refractivity contribution < 1.29 is 0 Å². The molecule has 0 radical (unpaired) electrons. The van der Waals surface area contributed by atoms with Crippen LogP contribution in [0.4, 0.5) is 0 Å². The highest BCUT2D eigenvalue weighted by Gasteiger charge is 2.30. The molecule has 2 N–H and O–H groups in total. The number of benzene rings is 1. The van der Waals surface area contributed by atoms with E-state index in [9.17, 15) is 0 Å². The molecule has 1 fully saturated rings. The number of nitrogens with two attached hydrogens (primary N) is 1. The topological polar surface area (TPSA) is 32.5 Å². The Morgan fingerprint density at radius 3 is 2.60 bits per heavy atom. The highest BCUT2D eigenvalue weighted by molar-refractivity contribution is 5.20. The lowest BCUT2D eigenvalue weighted by Gasteiger charge is -2.43. The maximum absolute atomic E-state index is 6.48. The molecule has 1 heterocycles. The Morgan fingerprint density at radius 2 is 1.95 bits per heavy atom. The maximum atomic E-state index is 6.48. The van der Waals surface area contributed by atoms with Crippen LogP contribution < -0.4 is 5.73 Å². The summed E-state index contributed by atoms with van der Waals surface area (Å²) in [6.45, 7) is 8.71. The van der Waals surface area contributed by atoms with Crippen molar-refractivity contribution in [2.45, 2.75) is 38.3 Å². The SMILES string of the molecule is CCCC(C)(N)CN1CCN(C)CC1c1ccccc1. The van der Waals surface area contributed by atoms with Gasteiger partial charge in [-0.05, 0) is 26.0 Å². The van der Waals surface area contributed by atoms with Crippen LogP contribution in [0, 0.1) is 0 Å². The second-order valence-electron chi connectivity index (χ2n) is 6.56. The zero-order valence-corrected chi connectivity index (χ0v) is 13.2. The Hall–Kier alpha value is -0.900. The van der Waals surface area contributed by atoms with Crippen molar-refractivity contribution in [2.24, 2.45) is 5.73 Å². The van der Waals surface area contributed by atoms with E-state index in [1.165, 1.54) is 5.56 Å².